The topological polar surface area (TPSA) is 110 Å². The summed E-state index contributed by atoms with van der Waals surface area (Å²) in [7, 11) is 1.59. The van der Waals surface area contributed by atoms with Crippen molar-refractivity contribution < 1.29 is 19.1 Å². The summed E-state index contributed by atoms with van der Waals surface area (Å²) < 4.78 is 10.8. The molecule has 0 bridgehead atoms. The maximum Gasteiger partial charge on any atom is 0.276 e. The van der Waals surface area contributed by atoms with Gasteiger partial charge in [0.2, 0.25) is 0 Å². The second-order valence-corrected chi connectivity index (χ2v) is 11.6. The van der Waals surface area contributed by atoms with Crippen molar-refractivity contribution in [3.8, 4) is 22.6 Å². The van der Waals surface area contributed by atoms with Gasteiger partial charge in [0.05, 0.1) is 19.9 Å². The minimum atomic E-state index is -0.345. The molecule has 5 rings (SSSR count). The Morgan fingerprint density at radius 2 is 1.61 bits per heavy atom. The van der Waals surface area contributed by atoms with Gasteiger partial charge in [-0.05, 0) is 78.1 Å². The van der Waals surface area contributed by atoms with Crippen LogP contribution in [0.25, 0.3) is 11.1 Å². The lowest BCUT2D eigenvalue weighted by molar-refractivity contribution is 0.0746. The molecule has 0 saturated carbocycles. The number of nitrogens with one attached hydrogen (secondary N) is 1. The number of methoxy groups -OCH3 is 1. The minimum Gasteiger partial charge on any atom is -0.497 e. The molecule has 2 aromatic carbocycles. The third kappa shape index (κ3) is 7.14. The zero-order chi connectivity index (χ0) is 31.3. The van der Waals surface area contributed by atoms with E-state index in [1.807, 2.05) is 30.0 Å². The number of carbonyl (C=O) groups is 2. The second kappa shape index (κ2) is 13.1. The van der Waals surface area contributed by atoms with Crippen LogP contribution < -0.4 is 19.7 Å². The molecule has 228 valence electrons. The van der Waals surface area contributed by atoms with E-state index in [9.17, 15) is 9.59 Å². The van der Waals surface area contributed by atoms with Gasteiger partial charge in [-0.3, -0.25) is 14.6 Å². The predicted molar refractivity (Wildman–Crippen MR) is 171 cm³/mol. The highest BCUT2D eigenvalue weighted by molar-refractivity contribution is 6.02. The highest BCUT2D eigenvalue weighted by atomic mass is 16.5. The summed E-state index contributed by atoms with van der Waals surface area (Å²) in [5.41, 5.74) is 4.26. The quantitative estimate of drug-likeness (QED) is 0.287. The maximum absolute atomic E-state index is 13.8. The first-order valence-corrected chi connectivity index (χ1v) is 14.7. The summed E-state index contributed by atoms with van der Waals surface area (Å²) in [4.78, 5) is 34.7. The summed E-state index contributed by atoms with van der Waals surface area (Å²) >= 11 is 0. The molecule has 0 radical (unpaired) electrons. The SMILES string of the molecule is CCOc1cncc(-c2cc(C(=O)N3CCN(c4ccc(C(=O)Nc5ccc(OC)cc5)nn4)CC3)cc(C(C)(C)C)c2)c1. The van der Waals surface area contributed by atoms with E-state index in [1.54, 1.807) is 55.9 Å². The first-order valence-electron chi connectivity index (χ1n) is 14.7. The van der Waals surface area contributed by atoms with E-state index < -0.39 is 0 Å². The first kappa shape index (κ1) is 30.5. The number of pyridine rings is 1. The monoisotopic (exact) mass is 594 g/mol. The van der Waals surface area contributed by atoms with Crippen molar-refractivity contribution >= 4 is 23.3 Å². The van der Waals surface area contributed by atoms with Crippen LogP contribution in [0, 0.1) is 0 Å². The Labute approximate surface area is 258 Å². The van der Waals surface area contributed by atoms with E-state index in [4.69, 9.17) is 9.47 Å². The lowest BCUT2D eigenvalue weighted by Crippen LogP contribution is -2.49. The molecule has 44 heavy (non-hydrogen) atoms. The largest absolute Gasteiger partial charge is 0.497 e. The van der Waals surface area contributed by atoms with Gasteiger partial charge in [0.1, 0.15) is 11.5 Å². The van der Waals surface area contributed by atoms with Crippen molar-refractivity contribution in [3.63, 3.8) is 0 Å². The molecule has 1 N–H and O–H groups in total. The second-order valence-electron chi connectivity index (χ2n) is 11.6. The fraction of sp³-hybridized carbons (Fsp3) is 0.324. The van der Waals surface area contributed by atoms with Crippen LogP contribution in [0.5, 0.6) is 11.5 Å². The molecule has 0 atom stereocenters. The Morgan fingerprint density at radius 3 is 2.25 bits per heavy atom. The normalized spacial score (nSPS) is 13.4. The summed E-state index contributed by atoms with van der Waals surface area (Å²) in [5.74, 6) is 1.71. The van der Waals surface area contributed by atoms with E-state index >= 15 is 0 Å². The number of amides is 2. The average molecular weight is 595 g/mol. The van der Waals surface area contributed by atoms with Crippen LogP contribution in [0.3, 0.4) is 0 Å². The lowest BCUT2D eigenvalue weighted by Gasteiger charge is -2.35. The number of rotatable bonds is 8. The lowest BCUT2D eigenvalue weighted by atomic mass is 9.84. The van der Waals surface area contributed by atoms with Gasteiger partial charge in [-0.15, -0.1) is 10.2 Å². The van der Waals surface area contributed by atoms with E-state index in [0.29, 0.717) is 61.4 Å². The number of anilines is 2. The van der Waals surface area contributed by atoms with Crippen LogP contribution in [0.15, 0.2) is 73.1 Å². The van der Waals surface area contributed by atoms with Gasteiger partial charge >= 0.3 is 0 Å². The van der Waals surface area contributed by atoms with Crippen molar-refractivity contribution in [2.24, 2.45) is 0 Å². The number of ether oxygens (including phenoxy) is 2. The molecule has 4 aromatic rings. The summed E-state index contributed by atoms with van der Waals surface area (Å²) in [6, 6.07) is 18.5. The summed E-state index contributed by atoms with van der Waals surface area (Å²) in [6.07, 6.45) is 3.49. The van der Waals surface area contributed by atoms with Crippen LogP contribution in [0.1, 0.15) is 54.1 Å². The Kier molecular flexibility index (Phi) is 9.08. The fourth-order valence-electron chi connectivity index (χ4n) is 4.98. The third-order valence-corrected chi connectivity index (χ3v) is 7.53. The van der Waals surface area contributed by atoms with Crippen molar-refractivity contribution in [2.75, 3.05) is 50.1 Å². The van der Waals surface area contributed by atoms with Crippen LogP contribution >= 0.6 is 0 Å². The minimum absolute atomic E-state index is 0.0115. The van der Waals surface area contributed by atoms with Gasteiger partial charge in [0.15, 0.2) is 11.5 Å². The van der Waals surface area contributed by atoms with Crippen LogP contribution in [-0.2, 0) is 5.41 Å². The zero-order valence-corrected chi connectivity index (χ0v) is 25.8. The first-order chi connectivity index (χ1) is 21.1. The Morgan fingerprint density at radius 1 is 0.864 bits per heavy atom. The summed E-state index contributed by atoms with van der Waals surface area (Å²) in [5, 5.41) is 11.3. The molecule has 10 nitrogen and oxygen atoms in total. The smallest absolute Gasteiger partial charge is 0.276 e. The Bertz CT molecular complexity index is 1610. The number of carbonyl (C=O) groups excluding carboxylic acids is 2. The van der Waals surface area contributed by atoms with E-state index in [-0.39, 0.29) is 22.9 Å². The molecular weight excluding hydrogens is 556 g/mol. The fourth-order valence-corrected chi connectivity index (χ4v) is 4.98. The molecule has 2 amide bonds. The van der Waals surface area contributed by atoms with Crippen molar-refractivity contribution in [1.29, 1.82) is 0 Å². The Balaban J connectivity index is 1.25. The van der Waals surface area contributed by atoms with E-state index in [0.717, 1.165) is 16.7 Å². The van der Waals surface area contributed by atoms with Crippen molar-refractivity contribution in [1.82, 2.24) is 20.1 Å². The van der Waals surface area contributed by atoms with Gasteiger partial charge in [-0.25, -0.2) is 0 Å². The van der Waals surface area contributed by atoms with Crippen LogP contribution in [0.4, 0.5) is 11.5 Å². The number of benzene rings is 2. The molecule has 0 spiro atoms. The van der Waals surface area contributed by atoms with Crippen LogP contribution in [0.2, 0.25) is 0 Å². The molecule has 0 unspecified atom stereocenters. The van der Waals surface area contributed by atoms with E-state index in [2.05, 4.69) is 52.2 Å². The van der Waals surface area contributed by atoms with Gasteiger partial charge in [0.25, 0.3) is 11.8 Å². The average Bonchev–Trinajstić information content (AvgIpc) is 3.04. The highest BCUT2D eigenvalue weighted by Gasteiger charge is 2.26. The number of aromatic nitrogens is 3. The molecule has 1 aliphatic heterocycles. The molecule has 10 heteroatoms. The maximum atomic E-state index is 13.8. The van der Waals surface area contributed by atoms with Crippen LogP contribution in [-0.4, -0.2) is 71.8 Å². The van der Waals surface area contributed by atoms with Gasteiger partial charge < -0.3 is 24.6 Å². The standard InChI is InChI=1S/C34H38N6O4/c1-6-44-29-20-25(21-35-22-29)23-17-24(19-26(18-23)34(2,3)4)33(42)40-15-13-39(14-16-40)31-12-11-30(37-38-31)32(41)36-27-7-9-28(43-5)10-8-27/h7-12,17-22H,6,13-16H2,1-5H3,(H,36,41). The van der Waals surface area contributed by atoms with Gasteiger partial charge in [-0.1, -0.05) is 26.8 Å². The highest BCUT2D eigenvalue weighted by Crippen LogP contribution is 2.31. The molecule has 0 aliphatic carbocycles. The zero-order valence-electron chi connectivity index (χ0n) is 25.8. The van der Waals surface area contributed by atoms with Gasteiger partial charge in [0, 0.05) is 49.2 Å². The molecule has 1 aliphatic rings. The van der Waals surface area contributed by atoms with Gasteiger partial charge in [-0.2, -0.15) is 0 Å². The van der Waals surface area contributed by atoms with Crippen molar-refractivity contribution in [3.05, 3.63) is 89.9 Å². The number of piperazine rings is 1. The molecule has 1 fully saturated rings. The molecule has 2 aromatic heterocycles. The summed E-state index contributed by atoms with van der Waals surface area (Å²) in [6.45, 7) is 11.2. The number of nitrogens with zero attached hydrogens (tertiary/aromatic N) is 5. The number of hydrogen-bond donors (Lipinski definition) is 1. The Hall–Kier alpha value is -4.99. The van der Waals surface area contributed by atoms with Crippen molar-refractivity contribution in [2.45, 2.75) is 33.1 Å². The third-order valence-electron chi connectivity index (χ3n) is 7.53. The van der Waals surface area contributed by atoms with E-state index in [1.165, 1.54) is 0 Å². The predicted octanol–water partition coefficient (Wildman–Crippen LogP) is 5.46. The molecule has 1 saturated heterocycles. The molecule has 3 heterocycles. The molecular formula is C34H38N6O4. The number of hydrogen-bond acceptors (Lipinski definition) is 8.